The van der Waals surface area contributed by atoms with Gasteiger partial charge in [-0.25, -0.2) is 0 Å². The predicted molar refractivity (Wildman–Crippen MR) is 95.8 cm³/mol. The van der Waals surface area contributed by atoms with Crippen LogP contribution in [0.25, 0.3) is 0 Å². The standard InChI is InChI=1S/C19H22N2OS/c1-23-18-9-7-16(8-10-18)15-20-11-13-21(14-12-20)19(22)17-5-3-2-4-6-17/h2-10H,11-15H2,1H3. The summed E-state index contributed by atoms with van der Waals surface area (Å²) in [6.07, 6.45) is 2.10. The van der Waals surface area contributed by atoms with E-state index in [1.807, 2.05) is 35.2 Å². The second-order valence-electron chi connectivity index (χ2n) is 5.78. The maximum absolute atomic E-state index is 12.4. The number of nitrogens with zero attached hydrogens (tertiary/aromatic N) is 2. The smallest absolute Gasteiger partial charge is 0.253 e. The summed E-state index contributed by atoms with van der Waals surface area (Å²) in [4.78, 5) is 18.1. The fraction of sp³-hybridized carbons (Fsp3) is 0.316. The second-order valence-corrected chi connectivity index (χ2v) is 6.66. The third kappa shape index (κ3) is 4.15. The zero-order valence-corrected chi connectivity index (χ0v) is 14.3. The SMILES string of the molecule is CSc1ccc(CN2CCN(C(=O)c3ccccc3)CC2)cc1. The summed E-state index contributed by atoms with van der Waals surface area (Å²) in [6.45, 7) is 4.43. The van der Waals surface area contributed by atoms with Crippen molar-refractivity contribution in [1.82, 2.24) is 9.80 Å². The Kier molecular flexibility index (Phi) is 5.36. The highest BCUT2D eigenvalue weighted by atomic mass is 32.2. The number of hydrogen-bond acceptors (Lipinski definition) is 3. The van der Waals surface area contributed by atoms with E-state index in [-0.39, 0.29) is 5.91 Å². The summed E-state index contributed by atoms with van der Waals surface area (Å²) in [5.74, 6) is 0.148. The van der Waals surface area contributed by atoms with Crippen LogP contribution in [0.1, 0.15) is 15.9 Å². The molecule has 0 unspecified atom stereocenters. The molecule has 3 rings (SSSR count). The van der Waals surface area contributed by atoms with Crippen LogP contribution >= 0.6 is 11.8 Å². The highest BCUT2D eigenvalue weighted by Crippen LogP contribution is 2.17. The van der Waals surface area contributed by atoms with Crippen molar-refractivity contribution >= 4 is 17.7 Å². The average Bonchev–Trinajstić information content (AvgIpc) is 2.63. The van der Waals surface area contributed by atoms with Gasteiger partial charge in [-0.05, 0) is 36.1 Å². The van der Waals surface area contributed by atoms with E-state index in [1.54, 1.807) is 11.8 Å². The molecule has 4 heteroatoms. The molecular formula is C19H22N2OS. The van der Waals surface area contributed by atoms with Gasteiger partial charge in [0.1, 0.15) is 0 Å². The third-order valence-electron chi connectivity index (χ3n) is 4.25. The summed E-state index contributed by atoms with van der Waals surface area (Å²) in [6, 6.07) is 18.3. The Morgan fingerprint density at radius 2 is 1.61 bits per heavy atom. The number of rotatable bonds is 4. The van der Waals surface area contributed by atoms with Gasteiger partial charge in [0.2, 0.25) is 0 Å². The number of amides is 1. The van der Waals surface area contributed by atoms with Crippen LogP contribution in [-0.4, -0.2) is 48.1 Å². The molecule has 1 saturated heterocycles. The van der Waals surface area contributed by atoms with Gasteiger partial charge in [-0.15, -0.1) is 11.8 Å². The molecule has 0 radical (unpaired) electrons. The third-order valence-corrected chi connectivity index (χ3v) is 4.99. The lowest BCUT2D eigenvalue weighted by Gasteiger charge is -2.34. The molecule has 1 aliphatic rings. The maximum Gasteiger partial charge on any atom is 0.253 e. The van der Waals surface area contributed by atoms with Crippen LogP contribution in [0.4, 0.5) is 0 Å². The first-order chi connectivity index (χ1) is 11.3. The monoisotopic (exact) mass is 326 g/mol. The van der Waals surface area contributed by atoms with Crippen LogP contribution in [0.2, 0.25) is 0 Å². The Bertz CT molecular complexity index is 634. The number of carbonyl (C=O) groups excluding carboxylic acids is 1. The fourth-order valence-electron chi connectivity index (χ4n) is 2.86. The molecule has 1 amide bonds. The molecule has 23 heavy (non-hydrogen) atoms. The van der Waals surface area contributed by atoms with Crippen molar-refractivity contribution in [2.45, 2.75) is 11.4 Å². The van der Waals surface area contributed by atoms with E-state index >= 15 is 0 Å². The Morgan fingerprint density at radius 1 is 0.957 bits per heavy atom. The van der Waals surface area contributed by atoms with Gasteiger partial charge in [0.05, 0.1) is 0 Å². The lowest BCUT2D eigenvalue weighted by atomic mass is 10.1. The molecule has 3 nitrogen and oxygen atoms in total. The zero-order chi connectivity index (χ0) is 16.1. The van der Waals surface area contributed by atoms with Crippen LogP contribution in [0.15, 0.2) is 59.5 Å². The Hall–Kier alpha value is -1.78. The van der Waals surface area contributed by atoms with Crippen LogP contribution in [-0.2, 0) is 6.54 Å². The highest BCUT2D eigenvalue weighted by molar-refractivity contribution is 7.98. The quantitative estimate of drug-likeness (QED) is 0.805. The van der Waals surface area contributed by atoms with Crippen molar-refractivity contribution in [3.05, 3.63) is 65.7 Å². The lowest BCUT2D eigenvalue weighted by Crippen LogP contribution is -2.48. The topological polar surface area (TPSA) is 23.6 Å². The minimum atomic E-state index is 0.148. The molecular weight excluding hydrogens is 304 g/mol. The number of piperazine rings is 1. The summed E-state index contributed by atoms with van der Waals surface area (Å²) in [5.41, 5.74) is 2.12. The van der Waals surface area contributed by atoms with Crippen molar-refractivity contribution in [2.75, 3.05) is 32.4 Å². The van der Waals surface area contributed by atoms with Gasteiger partial charge >= 0.3 is 0 Å². The summed E-state index contributed by atoms with van der Waals surface area (Å²) >= 11 is 1.77. The first kappa shape index (κ1) is 16.1. The van der Waals surface area contributed by atoms with Crippen molar-refractivity contribution in [1.29, 1.82) is 0 Å². The summed E-state index contributed by atoms with van der Waals surface area (Å²) < 4.78 is 0. The second kappa shape index (κ2) is 7.66. The molecule has 0 bridgehead atoms. The van der Waals surface area contributed by atoms with E-state index in [2.05, 4.69) is 35.4 Å². The average molecular weight is 326 g/mol. The van der Waals surface area contributed by atoms with Gasteiger partial charge in [0, 0.05) is 43.2 Å². The molecule has 1 fully saturated rings. The molecule has 1 aliphatic heterocycles. The summed E-state index contributed by atoms with van der Waals surface area (Å²) in [5, 5.41) is 0. The van der Waals surface area contributed by atoms with E-state index in [0.29, 0.717) is 0 Å². The molecule has 0 aliphatic carbocycles. The van der Waals surface area contributed by atoms with Crippen molar-refractivity contribution in [3.63, 3.8) is 0 Å². The van der Waals surface area contributed by atoms with Gasteiger partial charge in [-0.2, -0.15) is 0 Å². The number of benzene rings is 2. The molecule has 0 spiro atoms. The van der Waals surface area contributed by atoms with Crippen molar-refractivity contribution in [3.8, 4) is 0 Å². The number of carbonyl (C=O) groups is 1. The van der Waals surface area contributed by atoms with E-state index in [1.165, 1.54) is 10.5 Å². The minimum absolute atomic E-state index is 0.148. The van der Waals surface area contributed by atoms with Gasteiger partial charge < -0.3 is 4.90 Å². The zero-order valence-electron chi connectivity index (χ0n) is 13.4. The molecule has 0 atom stereocenters. The molecule has 1 heterocycles. The largest absolute Gasteiger partial charge is 0.336 e. The van der Waals surface area contributed by atoms with Crippen molar-refractivity contribution in [2.24, 2.45) is 0 Å². The van der Waals surface area contributed by atoms with Gasteiger partial charge in [0.15, 0.2) is 0 Å². The highest BCUT2D eigenvalue weighted by Gasteiger charge is 2.21. The van der Waals surface area contributed by atoms with E-state index in [9.17, 15) is 4.79 Å². The normalized spacial score (nSPS) is 15.6. The Morgan fingerprint density at radius 3 is 2.22 bits per heavy atom. The minimum Gasteiger partial charge on any atom is -0.336 e. The maximum atomic E-state index is 12.4. The first-order valence-corrected chi connectivity index (χ1v) is 9.18. The molecule has 0 saturated carbocycles. The van der Waals surface area contributed by atoms with Gasteiger partial charge in [-0.1, -0.05) is 30.3 Å². The molecule has 0 aromatic heterocycles. The number of thioether (sulfide) groups is 1. The van der Waals surface area contributed by atoms with Gasteiger partial charge in [0.25, 0.3) is 5.91 Å². The number of hydrogen-bond donors (Lipinski definition) is 0. The Balaban J connectivity index is 1.53. The predicted octanol–water partition coefficient (Wildman–Crippen LogP) is 3.37. The summed E-state index contributed by atoms with van der Waals surface area (Å²) in [7, 11) is 0. The van der Waals surface area contributed by atoms with E-state index in [0.717, 1.165) is 38.3 Å². The molecule has 2 aromatic carbocycles. The first-order valence-electron chi connectivity index (χ1n) is 7.96. The van der Waals surface area contributed by atoms with Crippen molar-refractivity contribution < 1.29 is 4.79 Å². The van der Waals surface area contributed by atoms with Crippen LogP contribution in [0, 0.1) is 0 Å². The van der Waals surface area contributed by atoms with Crippen LogP contribution in [0.3, 0.4) is 0 Å². The molecule has 120 valence electrons. The Labute approximate surface area is 142 Å². The van der Waals surface area contributed by atoms with Crippen LogP contribution in [0.5, 0.6) is 0 Å². The molecule has 2 aromatic rings. The van der Waals surface area contributed by atoms with Crippen LogP contribution < -0.4 is 0 Å². The lowest BCUT2D eigenvalue weighted by molar-refractivity contribution is 0.0628. The fourth-order valence-corrected chi connectivity index (χ4v) is 3.27. The van der Waals surface area contributed by atoms with Gasteiger partial charge in [-0.3, -0.25) is 9.69 Å². The molecule has 0 N–H and O–H groups in total. The van der Waals surface area contributed by atoms with E-state index < -0.39 is 0 Å². The van der Waals surface area contributed by atoms with E-state index in [4.69, 9.17) is 0 Å².